The first-order valence-electron chi connectivity index (χ1n) is 6.29. The molecule has 21 heavy (non-hydrogen) atoms. The zero-order valence-electron chi connectivity index (χ0n) is 11.6. The molecule has 2 aromatic carbocycles. The average molecular weight is 287 g/mol. The van der Waals surface area contributed by atoms with Crippen LogP contribution in [-0.2, 0) is 0 Å². The normalized spacial score (nSPS) is 11.6. The van der Waals surface area contributed by atoms with E-state index in [9.17, 15) is 9.50 Å². The van der Waals surface area contributed by atoms with Crippen molar-refractivity contribution in [3.05, 3.63) is 53.3 Å². The first-order chi connectivity index (χ1) is 10.1. The van der Waals surface area contributed by atoms with Crippen LogP contribution in [0.2, 0.25) is 0 Å². The van der Waals surface area contributed by atoms with Crippen molar-refractivity contribution in [2.45, 2.75) is 13.0 Å². The van der Waals surface area contributed by atoms with Gasteiger partial charge >= 0.3 is 0 Å². The van der Waals surface area contributed by atoms with Gasteiger partial charge in [-0.05, 0) is 31.2 Å². The quantitative estimate of drug-likeness (QED) is 0.934. The van der Waals surface area contributed by atoms with Crippen LogP contribution in [-0.4, -0.2) is 12.2 Å². The third-order valence-electron chi connectivity index (χ3n) is 2.95. The van der Waals surface area contributed by atoms with Gasteiger partial charge in [0.2, 0.25) is 0 Å². The molecule has 0 spiro atoms. The molecule has 0 aliphatic rings. The number of benzene rings is 2. The topological polar surface area (TPSA) is 62.5 Å². The highest BCUT2D eigenvalue weighted by atomic mass is 19.1. The monoisotopic (exact) mass is 287 g/mol. The molecule has 0 saturated carbocycles. The van der Waals surface area contributed by atoms with E-state index in [-0.39, 0.29) is 11.3 Å². The summed E-state index contributed by atoms with van der Waals surface area (Å²) in [5, 5.41) is 18.6. The zero-order chi connectivity index (χ0) is 15.4. The van der Waals surface area contributed by atoms with Gasteiger partial charge in [0.05, 0.1) is 24.3 Å². The minimum Gasteiger partial charge on any atom is -0.496 e. The van der Waals surface area contributed by atoms with E-state index in [1.807, 2.05) is 0 Å². The van der Waals surface area contributed by atoms with Crippen molar-refractivity contribution in [1.82, 2.24) is 0 Å². The van der Waals surface area contributed by atoms with Crippen LogP contribution in [0.1, 0.15) is 24.2 Å². The number of halogens is 1. The van der Waals surface area contributed by atoms with Gasteiger partial charge in [-0.2, -0.15) is 5.26 Å². The van der Waals surface area contributed by atoms with Gasteiger partial charge in [0.1, 0.15) is 29.1 Å². The van der Waals surface area contributed by atoms with E-state index in [1.54, 1.807) is 31.2 Å². The van der Waals surface area contributed by atoms with E-state index in [1.165, 1.54) is 19.2 Å². The first kappa shape index (κ1) is 14.8. The van der Waals surface area contributed by atoms with Crippen LogP contribution in [0.5, 0.6) is 17.2 Å². The van der Waals surface area contributed by atoms with Crippen molar-refractivity contribution in [2.24, 2.45) is 0 Å². The summed E-state index contributed by atoms with van der Waals surface area (Å²) in [5.74, 6) is 0.434. The number of aliphatic hydroxyl groups excluding tert-OH is 1. The molecule has 0 heterocycles. The van der Waals surface area contributed by atoms with Gasteiger partial charge in [-0.1, -0.05) is 6.07 Å². The molecule has 0 radical (unpaired) electrons. The summed E-state index contributed by atoms with van der Waals surface area (Å²) in [4.78, 5) is 0. The fraction of sp³-hybridized carbons (Fsp3) is 0.188. The lowest BCUT2D eigenvalue weighted by Crippen LogP contribution is -2.00. The Labute approximate surface area is 122 Å². The van der Waals surface area contributed by atoms with E-state index < -0.39 is 11.9 Å². The molecule has 0 aliphatic carbocycles. The predicted molar refractivity (Wildman–Crippen MR) is 74.8 cm³/mol. The van der Waals surface area contributed by atoms with E-state index >= 15 is 0 Å². The number of ether oxygens (including phenoxy) is 2. The highest BCUT2D eigenvalue weighted by Gasteiger charge is 2.16. The lowest BCUT2D eigenvalue weighted by molar-refractivity contribution is 0.190. The fourth-order valence-electron chi connectivity index (χ4n) is 1.98. The molecular weight excluding hydrogens is 273 g/mol. The number of rotatable bonds is 4. The molecule has 108 valence electrons. The van der Waals surface area contributed by atoms with Crippen LogP contribution >= 0.6 is 0 Å². The van der Waals surface area contributed by atoms with Crippen molar-refractivity contribution < 1.29 is 19.0 Å². The molecule has 0 amide bonds. The Balaban J connectivity index is 2.40. The van der Waals surface area contributed by atoms with Crippen LogP contribution in [0.4, 0.5) is 4.39 Å². The van der Waals surface area contributed by atoms with E-state index in [4.69, 9.17) is 14.7 Å². The Bertz CT molecular complexity index is 692. The minimum atomic E-state index is -0.806. The third kappa shape index (κ3) is 3.12. The van der Waals surface area contributed by atoms with Gasteiger partial charge in [0, 0.05) is 6.07 Å². The van der Waals surface area contributed by atoms with Crippen LogP contribution < -0.4 is 9.47 Å². The largest absolute Gasteiger partial charge is 0.496 e. The Morgan fingerprint density at radius 2 is 1.95 bits per heavy atom. The maximum absolute atomic E-state index is 13.6. The van der Waals surface area contributed by atoms with E-state index in [0.717, 1.165) is 6.07 Å². The molecule has 1 atom stereocenters. The second-order valence-corrected chi connectivity index (χ2v) is 4.40. The maximum atomic E-state index is 13.6. The smallest absolute Gasteiger partial charge is 0.144 e. The van der Waals surface area contributed by atoms with Crippen LogP contribution in [0.25, 0.3) is 0 Å². The van der Waals surface area contributed by atoms with Gasteiger partial charge in [0.25, 0.3) is 0 Å². The fourth-order valence-corrected chi connectivity index (χ4v) is 1.98. The summed E-state index contributed by atoms with van der Waals surface area (Å²) in [6.45, 7) is 1.59. The molecule has 2 rings (SSSR count). The minimum absolute atomic E-state index is 0.0521. The van der Waals surface area contributed by atoms with Crippen molar-refractivity contribution in [1.29, 1.82) is 5.26 Å². The molecule has 5 heteroatoms. The Morgan fingerprint density at radius 1 is 1.24 bits per heavy atom. The predicted octanol–water partition coefficient (Wildman–Crippen LogP) is 3.55. The average Bonchev–Trinajstić information content (AvgIpc) is 2.46. The molecule has 4 nitrogen and oxygen atoms in total. The molecule has 0 aliphatic heterocycles. The molecule has 0 fully saturated rings. The second-order valence-electron chi connectivity index (χ2n) is 4.40. The van der Waals surface area contributed by atoms with Gasteiger partial charge in [-0.3, -0.25) is 0 Å². The standard InChI is InChI=1S/C16H14FNO3/c1-10(19)16-14(20-2)4-3-5-15(16)21-12-7-6-11(9-18)13(17)8-12/h3-8,10,19H,1-2H3. The molecule has 0 aromatic heterocycles. The first-order valence-corrected chi connectivity index (χ1v) is 6.29. The van der Waals surface area contributed by atoms with Gasteiger partial charge < -0.3 is 14.6 Å². The van der Waals surface area contributed by atoms with Gasteiger partial charge in [0.15, 0.2) is 0 Å². The highest BCUT2D eigenvalue weighted by Crippen LogP contribution is 2.36. The lowest BCUT2D eigenvalue weighted by Gasteiger charge is -2.16. The lowest BCUT2D eigenvalue weighted by atomic mass is 10.1. The number of hydrogen-bond donors (Lipinski definition) is 1. The second kappa shape index (κ2) is 6.25. The van der Waals surface area contributed by atoms with Crippen molar-refractivity contribution in [2.75, 3.05) is 7.11 Å². The van der Waals surface area contributed by atoms with Crippen LogP contribution in [0.3, 0.4) is 0 Å². The maximum Gasteiger partial charge on any atom is 0.144 e. The summed E-state index contributed by atoms with van der Waals surface area (Å²) in [6, 6.07) is 10.8. The Morgan fingerprint density at radius 3 is 2.52 bits per heavy atom. The summed E-state index contributed by atoms with van der Waals surface area (Å²) < 4.78 is 24.4. The van der Waals surface area contributed by atoms with Crippen LogP contribution in [0.15, 0.2) is 36.4 Å². The zero-order valence-corrected chi connectivity index (χ0v) is 11.6. The van der Waals surface area contributed by atoms with Crippen molar-refractivity contribution in [3.63, 3.8) is 0 Å². The third-order valence-corrected chi connectivity index (χ3v) is 2.95. The molecule has 0 saturated heterocycles. The summed E-state index contributed by atoms with van der Waals surface area (Å²) in [5.41, 5.74) is 0.425. The number of nitriles is 1. The molecule has 0 bridgehead atoms. The molecule has 1 N–H and O–H groups in total. The molecule has 2 aromatic rings. The van der Waals surface area contributed by atoms with Crippen molar-refractivity contribution in [3.8, 4) is 23.3 Å². The summed E-state index contributed by atoms with van der Waals surface area (Å²) >= 11 is 0. The van der Waals surface area contributed by atoms with Gasteiger partial charge in [-0.15, -0.1) is 0 Å². The highest BCUT2D eigenvalue weighted by molar-refractivity contribution is 5.48. The van der Waals surface area contributed by atoms with Gasteiger partial charge in [-0.25, -0.2) is 4.39 Å². The number of hydrogen-bond acceptors (Lipinski definition) is 4. The SMILES string of the molecule is COc1cccc(Oc2ccc(C#N)c(F)c2)c1C(C)O. The molecular formula is C16H14FNO3. The van der Waals surface area contributed by atoms with E-state index in [2.05, 4.69) is 0 Å². The van der Waals surface area contributed by atoms with Crippen molar-refractivity contribution >= 4 is 0 Å². The molecule has 1 unspecified atom stereocenters. The summed E-state index contributed by atoms with van der Waals surface area (Å²) in [7, 11) is 1.49. The Hall–Kier alpha value is -2.58. The van der Waals surface area contributed by atoms with E-state index in [0.29, 0.717) is 17.1 Å². The number of methoxy groups -OCH3 is 1. The number of aliphatic hydroxyl groups is 1. The summed E-state index contributed by atoms with van der Waals surface area (Å²) in [6.07, 6.45) is -0.806. The Kier molecular flexibility index (Phi) is 4.41. The number of nitrogens with zero attached hydrogens (tertiary/aromatic N) is 1. The van der Waals surface area contributed by atoms with Crippen LogP contribution in [0, 0.1) is 17.1 Å².